The van der Waals surface area contributed by atoms with Gasteiger partial charge in [-0.1, -0.05) is 36.2 Å². The number of nitro groups is 1. The third-order valence-corrected chi connectivity index (χ3v) is 5.42. The standard InChI is InChI=1S/C18H18Cl2N2O4S/c1-10(17-12(19)5-4-6-13(17)20)9-21-18(23)11-7-16(27-3)15(26-2)8-14(11)22(24)25/h4-8,10H,9H2,1-3H3,(H,21,23). The quantitative estimate of drug-likeness (QED) is 0.373. The van der Waals surface area contributed by atoms with Crippen molar-refractivity contribution < 1.29 is 14.5 Å². The molecule has 1 amide bonds. The van der Waals surface area contributed by atoms with E-state index in [0.717, 1.165) is 5.56 Å². The minimum atomic E-state index is -0.601. The Balaban J connectivity index is 2.26. The highest BCUT2D eigenvalue weighted by molar-refractivity contribution is 7.98. The van der Waals surface area contributed by atoms with Crippen LogP contribution >= 0.6 is 35.0 Å². The maximum atomic E-state index is 12.6. The molecule has 1 N–H and O–H groups in total. The van der Waals surface area contributed by atoms with Gasteiger partial charge in [-0.25, -0.2) is 0 Å². The number of thioether (sulfide) groups is 1. The summed E-state index contributed by atoms with van der Waals surface area (Å²) in [4.78, 5) is 24.0. The number of carbonyl (C=O) groups excluding carboxylic acids is 1. The summed E-state index contributed by atoms with van der Waals surface area (Å²) in [6, 6.07) is 7.91. The molecular formula is C18H18Cl2N2O4S. The normalized spacial score (nSPS) is 11.7. The van der Waals surface area contributed by atoms with Gasteiger partial charge in [-0.3, -0.25) is 14.9 Å². The van der Waals surface area contributed by atoms with Gasteiger partial charge >= 0.3 is 0 Å². The maximum absolute atomic E-state index is 12.6. The number of amides is 1. The number of rotatable bonds is 7. The van der Waals surface area contributed by atoms with Gasteiger partial charge in [0.2, 0.25) is 0 Å². The number of hydrogen-bond donors (Lipinski definition) is 1. The number of nitrogens with zero attached hydrogens (tertiary/aromatic N) is 1. The zero-order valence-corrected chi connectivity index (χ0v) is 17.2. The molecule has 2 aromatic rings. The number of carbonyl (C=O) groups is 1. The van der Waals surface area contributed by atoms with Crippen LogP contribution in [0.4, 0.5) is 5.69 Å². The lowest BCUT2D eigenvalue weighted by molar-refractivity contribution is -0.385. The SMILES string of the molecule is COc1cc([N+](=O)[O-])c(C(=O)NCC(C)c2c(Cl)cccc2Cl)cc1SC. The van der Waals surface area contributed by atoms with E-state index in [1.807, 2.05) is 6.92 Å². The molecule has 0 radical (unpaired) electrons. The molecule has 2 rings (SSSR count). The van der Waals surface area contributed by atoms with E-state index >= 15 is 0 Å². The number of ether oxygens (including phenoxy) is 1. The van der Waals surface area contributed by atoms with Gasteiger partial charge in [0, 0.05) is 22.5 Å². The number of hydrogen-bond acceptors (Lipinski definition) is 5. The lowest BCUT2D eigenvalue weighted by atomic mass is 10.0. The summed E-state index contributed by atoms with van der Waals surface area (Å²) in [6.45, 7) is 2.09. The van der Waals surface area contributed by atoms with Gasteiger partial charge in [-0.2, -0.15) is 0 Å². The third-order valence-electron chi connectivity index (χ3n) is 4.00. The highest BCUT2D eigenvalue weighted by atomic mass is 35.5. The minimum Gasteiger partial charge on any atom is -0.495 e. The Bertz CT molecular complexity index is 856. The van der Waals surface area contributed by atoms with Crippen LogP contribution < -0.4 is 10.1 Å². The predicted molar refractivity (Wildman–Crippen MR) is 109 cm³/mol. The molecule has 0 aliphatic carbocycles. The molecule has 6 nitrogen and oxygen atoms in total. The molecule has 9 heteroatoms. The van der Waals surface area contributed by atoms with Crippen molar-refractivity contribution in [1.82, 2.24) is 5.32 Å². The molecule has 0 bridgehead atoms. The van der Waals surface area contributed by atoms with Crippen molar-refractivity contribution in [2.45, 2.75) is 17.7 Å². The number of benzene rings is 2. The Hall–Kier alpha value is -1.96. The van der Waals surface area contributed by atoms with Crippen LogP contribution in [0.25, 0.3) is 0 Å². The van der Waals surface area contributed by atoms with E-state index in [1.165, 1.54) is 31.0 Å². The van der Waals surface area contributed by atoms with E-state index in [2.05, 4.69) is 5.32 Å². The highest BCUT2D eigenvalue weighted by Gasteiger charge is 2.24. The van der Waals surface area contributed by atoms with Crippen molar-refractivity contribution in [3.8, 4) is 5.75 Å². The van der Waals surface area contributed by atoms with Crippen molar-refractivity contribution in [2.75, 3.05) is 19.9 Å². The van der Waals surface area contributed by atoms with Crippen LogP contribution in [0.2, 0.25) is 10.0 Å². The van der Waals surface area contributed by atoms with Crippen molar-refractivity contribution in [1.29, 1.82) is 0 Å². The molecule has 0 aliphatic heterocycles. The van der Waals surface area contributed by atoms with Crippen molar-refractivity contribution >= 4 is 46.6 Å². The summed E-state index contributed by atoms with van der Waals surface area (Å²) in [5.41, 5.74) is 0.378. The Morgan fingerprint density at radius 1 is 1.33 bits per heavy atom. The first-order valence-corrected chi connectivity index (χ1v) is 9.90. The second kappa shape index (κ2) is 9.30. The first-order chi connectivity index (χ1) is 12.8. The van der Waals surface area contributed by atoms with E-state index in [9.17, 15) is 14.9 Å². The van der Waals surface area contributed by atoms with Crippen molar-refractivity contribution in [3.05, 3.63) is 61.6 Å². The van der Waals surface area contributed by atoms with Gasteiger partial charge in [0.1, 0.15) is 11.3 Å². The van der Waals surface area contributed by atoms with Gasteiger partial charge in [-0.15, -0.1) is 11.8 Å². The topological polar surface area (TPSA) is 81.5 Å². The predicted octanol–water partition coefficient (Wildman–Crippen LogP) is 5.17. The molecule has 0 fully saturated rings. The van der Waals surface area contributed by atoms with E-state index in [0.29, 0.717) is 20.7 Å². The van der Waals surface area contributed by atoms with Crippen molar-refractivity contribution in [2.24, 2.45) is 0 Å². The molecule has 0 saturated heterocycles. The molecule has 2 aromatic carbocycles. The van der Waals surface area contributed by atoms with Gasteiger partial charge < -0.3 is 10.1 Å². The molecule has 144 valence electrons. The van der Waals surface area contributed by atoms with E-state index in [1.54, 1.807) is 24.5 Å². The van der Waals surface area contributed by atoms with Gasteiger partial charge in [0.25, 0.3) is 11.6 Å². The molecule has 1 unspecified atom stereocenters. The number of halogens is 2. The largest absolute Gasteiger partial charge is 0.495 e. The Morgan fingerprint density at radius 2 is 1.96 bits per heavy atom. The second-order valence-electron chi connectivity index (χ2n) is 5.73. The summed E-state index contributed by atoms with van der Waals surface area (Å²) in [6.07, 6.45) is 1.80. The summed E-state index contributed by atoms with van der Waals surface area (Å²) in [5, 5.41) is 15.1. The molecule has 0 spiro atoms. The number of methoxy groups -OCH3 is 1. The van der Waals surface area contributed by atoms with Crippen LogP contribution in [0.5, 0.6) is 5.75 Å². The molecular weight excluding hydrogens is 411 g/mol. The van der Waals surface area contributed by atoms with E-state index < -0.39 is 10.8 Å². The van der Waals surface area contributed by atoms with Crippen LogP contribution in [-0.4, -0.2) is 30.7 Å². The first-order valence-electron chi connectivity index (χ1n) is 7.92. The molecule has 1 atom stereocenters. The molecule has 0 saturated carbocycles. The second-order valence-corrected chi connectivity index (χ2v) is 7.39. The molecule has 0 heterocycles. The number of nitrogens with one attached hydrogen (secondary N) is 1. The van der Waals surface area contributed by atoms with Gasteiger partial charge in [0.05, 0.1) is 23.0 Å². The summed E-state index contributed by atoms with van der Waals surface area (Å²) in [5.74, 6) is -0.371. The van der Waals surface area contributed by atoms with Gasteiger partial charge in [0.15, 0.2) is 0 Å². The first kappa shape index (κ1) is 21.3. The van der Waals surface area contributed by atoms with Crippen LogP contribution in [0.1, 0.15) is 28.8 Å². The van der Waals surface area contributed by atoms with Crippen LogP contribution in [0, 0.1) is 10.1 Å². The average Bonchev–Trinajstić information content (AvgIpc) is 2.64. The summed E-state index contributed by atoms with van der Waals surface area (Å²) in [7, 11) is 1.42. The zero-order valence-electron chi connectivity index (χ0n) is 14.9. The molecule has 0 aromatic heterocycles. The van der Waals surface area contributed by atoms with E-state index in [4.69, 9.17) is 27.9 Å². The summed E-state index contributed by atoms with van der Waals surface area (Å²) < 4.78 is 5.16. The lowest BCUT2D eigenvalue weighted by Crippen LogP contribution is -2.28. The van der Waals surface area contributed by atoms with E-state index in [-0.39, 0.29) is 23.7 Å². The summed E-state index contributed by atoms with van der Waals surface area (Å²) >= 11 is 13.7. The van der Waals surface area contributed by atoms with Gasteiger partial charge in [-0.05, 0) is 30.0 Å². The monoisotopic (exact) mass is 428 g/mol. The van der Waals surface area contributed by atoms with Crippen molar-refractivity contribution in [3.63, 3.8) is 0 Å². The number of nitro benzene ring substituents is 1. The molecule has 0 aliphatic rings. The zero-order chi connectivity index (χ0) is 20.1. The highest BCUT2D eigenvalue weighted by Crippen LogP contribution is 2.35. The Kier molecular flexibility index (Phi) is 7.35. The Labute approximate surface area is 171 Å². The minimum absolute atomic E-state index is 0.0254. The fourth-order valence-corrected chi connectivity index (χ4v) is 3.97. The smallest absolute Gasteiger partial charge is 0.285 e. The third kappa shape index (κ3) is 4.86. The fourth-order valence-electron chi connectivity index (χ4n) is 2.63. The van der Waals surface area contributed by atoms with Crippen LogP contribution in [-0.2, 0) is 0 Å². The van der Waals surface area contributed by atoms with Crippen LogP contribution in [0.3, 0.4) is 0 Å². The average molecular weight is 429 g/mol. The lowest BCUT2D eigenvalue weighted by Gasteiger charge is -2.16. The Morgan fingerprint density at radius 3 is 2.48 bits per heavy atom. The molecule has 27 heavy (non-hydrogen) atoms. The maximum Gasteiger partial charge on any atom is 0.285 e. The van der Waals surface area contributed by atoms with Crippen LogP contribution in [0.15, 0.2) is 35.2 Å². The fraction of sp³-hybridized carbons (Fsp3) is 0.278.